The van der Waals surface area contributed by atoms with Crippen molar-refractivity contribution < 1.29 is 17.5 Å². The minimum absolute atomic E-state index is 0.185. The zero-order valence-electron chi connectivity index (χ0n) is 15.0. The molecule has 3 aliphatic heterocycles. The molecule has 2 bridgehead atoms. The molecule has 1 aromatic carbocycles. The van der Waals surface area contributed by atoms with Crippen LogP contribution in [0, 0.1) is 11.7 Å². The summed E-state index contributed by atoms with van der Waals surface area (Å²) in [6.45, 7) is 2.62. The maximum Gasteiger partial charge on any atom is 0.281 e. The van der Waals surface area contributed by atoms with Crippen LogP contribution in [0.25, 0.3) is 0 Å². The largest absolute Gasteiger partial charge is 0.494 e. The molecule has 0 N–H and O–H groups in total. The van der Waals surface area contributed by atoms with Gasteiger partial charge in [-0.25, -0.2) is 4.39 Å². The molecule has 3 fully saturated rings. The molecule has 8 heteroatoms. The minimum Gasteiger partial charge on any atom is -0.494 e. The Morgan fingerprint density at radius 2 is 2.00 bits per heavy atom. The van der Waals surface area contributed by atoms with Crippen LogP contribution in [0.15, 0.2) is 18.2 Å². The van der Waals surface area contributed by atoms with Gasteiger partial charge in [0.1, 0.15) is 0 Å². The predicted molar refractivity (Wildman–Crippen MR) is 94.1 cm³/mol. The number of rotatable bonds is 5. The summed E-state index contributed by atoms with van der Waals surface area (Å²) in [6.07, 6.45) is 2.04. The lowest BCUT2D eigenvalue weighted by atomic mass is 9.94. The van der Waals surface area contributed by atoms with E-state index in [1.165, 1.54) is 17.5 Å². The molecule has 0 amide bonds. The number of halogens is 1. The van der Waals surface area contributed by atoms with Gasteiger partial charge in [0, 0.05) is 46.3 Å². The molecule has 0 radical (unpaired) electrons. The highest BCUT2D eigenvalue weighted by Crippen LogP contribution is 2.31. The fourth-order valence-electron chi connectivity index (χ4n) is 3.79. The molecule has 0 aliphatic carbocycles. The van der Waals surface area contributed by atoms with Crippen molar-refractivity contribution >= 4 is 10.2 Å². The Hall–Kier alpha value is -1.22. The molecule has 1 aromatic rings. The molecule has 3 aliphatic rings. The number of methoxy groups -OCH3 is 1. The Kier molecular flexibility index (Phi) is 5.34. The molecule has 25 heavy (non-hydrogen) atoms. The van der Waals surface area contributed by atoms with Crippen LogP contribution < -0.4 is 4.74 Å². The Morgan fingerprint density at radius 3 is 2.68 bits per heavy atom. The van der Waals surface area contributed by atoms with E-state index in [4.69, 9.17) is 4.74 Å². The van der Waals surface area contributed by atoms with E-state index >= 15 is 0 Å². The maximum atomic E-state index is 13.6. The minimum atomic E-state index is -3.39. The second-order valence-electron chi connectivity index (χ2n) is 7.10. The first-order valence-corrected chi connectivity index (χ1v) is 9.95. The lowest BCUT2D eigenvalue weighted by Crippen LogP contribution is -2.45. The van der Waals surface area contributed by atoms with Crippen molar-refractivity contribution in [3.63, 3.8) is 0 Å². The Morgan fingerprint density at radius 1 is 1.24 bits per heavy atom. The van der Waals surface area contributed by atoms with Crippen molar-refractivity contribution in [3.05, 3.63) is 29.6 Å². The quantitative estimate of drug-likeness (QED) is 0.788. The summed E-state index contributed by atoms with van der Waals surface area (Å²) in [5, 5.41) is 0. The Labute approximate surface area is 149 Å². The SMILES string of the molecule is COc1cc(CN2C[C@@H]3CC[C@H]2CN(S(=O)(=O)N(C)C)C3)ccc1F. The second-order valence-corrected chi connectivity index (χ2v) is 9.25. The number of piperidine rings is 1. The van der Waals surface area contributed by atoms with Crippen LogP contribution in [0.3, 0.4) is 0 Å². The van der Waals surface area contributed by atoms with Gasteiger partial charge in [0.25, 0.3) is 10.2 Å². The number of benzene rings is 1. The third kappa shape index (κ3) is 3.81. The smallest absolute Gasteiger partial charge is 0.281 e. The van der Waals surface area contributed by atoms with Gasteiger partial charge in [0.2, 0.25) is 0 Å². The van der Waals surface area contributed by atoms with Crippen molar-refractivity contribution in [2.24, 2.45) is 5.92 Å². The van der Waals surface area contributed by atoms with E-state index in [1.807, 2.05) is 0 Å². The van der Waals surface area contributed by atoms with Gasteiger partial charge in [-0.05, 0) is 36.5 Å². The molecule has 3 heterocycles. The molecule has 3 saturated heterocycles. The average molecular weight is 371 g/mol. The molecule has 0 saturated carbocycles. The first kappa shape index (κ1) is 18.6. The number of nitrogens with zero attached hydrogens (tertiary/aromatic N) is 3. The molecule has 0 spiro atoms. The highest BCUT2D eigenvalue weighted by molar-refractivity contribution is 7.86. The van der Waals surface area contributed by atoms with E-state index in [9.17, 15) is 12.8 Å². The van der Waals surface area contributed by atoms with E-state index in [2.05, 4.69) is 4.90 Å². The zero-order chi connectivity index (χ0) is 18.2. The topological polar surface area (TPSA) is 53.1 Å². The van der Waals surface area contributed by atoms with Gasteiger partial charge >= 0.3 is 0 Å². The summed E-state index contributed by atoms with van der Waals surface area (Å²) in [5.74, 6) is 0.206. The predicted octanol–water partition coefficient (Wildman–Crippen LogP) is 1.54. The first-order chi connectivity index (χ1) is 11.8. The second kappa shape index (κ2) is 7.19. The van der Waals surface area contributed by atoms with Crippen LogP contribution in [0.5, 0.6) is 5.75 Å². The van der Waals surface area contributed by atoms with Crippen LogP contribution in [0.2, 0.25) is 0 Å². The number of hydrogen-bond donors (Lipinski definition) is 0. The van der Waals surface area contributed by atoms with Crippen molar-refractivity contribution in [2.75, 3.05) is 40.8 Å². The summed E-state index contributed by atoms with van der Waals surface area (Å²) in [4.78, 5) is 2.33. The molecule has 2 atom stereocenters. The van der Waals surface area contributed by atoms with E-state index in [0.717, 1.165) is 24.9 Å². The molecule has 0 aromatic heterocycles. The lowest BCUT2D eigenvalue weighted by molar-refractivity contribution is 0.125. The number of fused-ring (bicyclic) bond motifs is 4. The summed E-state index contributed by atoms with van der Waals surface area (Å²) in [6, 6.07) is 5.10. The molecule has 4 rings (SSSR count). The van der Waals surface area contributed by atoms with E-state index in [1.54, 1.807) is 30.5 Å². The molecule has 0 unspecified atom stereocenters. The van der Waals surface area contributed by atoms with Gasteiger partial charge in [-0.15, -0.1) is 0 Å². The summed E-state index contributed by atoms with van der Waals surface area (Å²) < 4.78 is 46.6. The van der Waals surface area contributed by atoms with Crippen LogP contribution >= 0.6 is 0 Å². The fraction of sp³-hybridized carbons (Fsp3) is 0.647. The average Bonchev–Trinajstić information content (AvgIpc) is 2.89. The molecular weight excluding hydrogens is 345 g/mol. The standard InChI is InChI=1S/C17H26FN3O3S/c1-19(2)25(22,23)21-11-14-4-6-15(12-21)20(10-14)9-13-5-7-16(18)17(8-13)24-3/h5,7-8,14-15H,4,6,9-12H2,1-3H3/t14-,15-/m0/s1. The van der Waals surface area contributed by atoms with Crippen LogP contribution in [-0.2, 0) is 16.8 Å². The Bertz CT molecular complexity index is 726. The van der Waals surface area contributed by atoms with Crippen LogP contribution in [0.1, 0.15) is 18.4 Å². The summed E-state index contributed by atoms with van der Waals surface area (Å²) >= 11 is 0. The number of hydrogen-bond acceptors (Lipinski definition) is 4. The van der Waals surface area contributed by atoms with Crippen molar-refractivity contribution in [1.29, 1.82) is 0 Å². The Balaban J connectivity index is 1.77. The van der Waals surface area contributed by atoms with E-state index in [-0.39, 0.29) is 17.6 Å². The van der Waals surface area contributed by atoms with Crippen molar-refractivity contribution in [1.82, 2.24) is 13.5 Å². The normalized spacial score (nSPS) is 25.3. The van der Waals surface area contributed by atoms with Gasteiger partial charge in [-0.3, -0.25) is 4.90 Å². The van der Waals surface area contributed by atoms with Gasteiger partial charge in [0.15, 0.2) is 11.6 Å². The zero-order valence-corrected chi connectivity index (χ0v) is 15.8. The van der Waals surface area contributed by atoms with E-state index < -0.39 is 10.2 Å². The molecule has 140 valence electrons. The molecular formula is C17H26FN3O3S. The third-order valence-electron chi connectivity index (χ3n) is 5.18. The first-order valence-electron chi connectivity index (χ1n) is 8.55. The highest BCUT2D eigenvalue weighted by Gasteiger charge is 2.39. The van der Waals surface area contributed by atoms with Crippen molar-refractivity contribution in [3.8, 4) is 5.75 Å². The van der Waals surface area contributed by atoms with Gasteiger partial charge in [-0.1, -0.05) is 6.07 Å². The third-order valence-corrected chi connectivity index (χ3v) is 7.06. The summed E-state index contributed by atoms with van der Waals surface area (Å²) in [5.41, 5.74) is 0.979. The maximum absolute atomic E-state index is 13.6. The lowest BCUT2D eigenvalue weighted by Gasteiger charge is -2.36. The van der Waals surface area contributed by atoms with Gasteiger partial charge in [0.05, 0.1) is 7.11 Å². The van der Waals surface area contributed by atoms with Gasteiger partial charge < -0.3 is 4.74 Å². The van der Waals surface area contributed by atoms with E-state index in [0.29, 0.717) is 25.6 Å². The monoisotopic (exact) mass is 371 g/mol. The highest BCUT2D eigenvalue weighted by atomic mass is 32.2. The fourth-order valence-corrected chi connectivity index (χ4v) is 5.01. The summed E-state index contributed by atoms with van der Waals surface area (Å²) in [7, 11) is 1.22. The molecule has 6 nitrogen and oxygen atoms in total. The number of ether oxygens (including phenoxy) is 1. The van der Waals surface area contributed by atoms with Crippen molar-refractivity contribution in [2.45, 2.75) is 25.4 Å². The van der Waals surface area contributed by atoms with Gasteiger partial charge in [-0.2, -0.15) is 17.0 Å². The van der Waals surface area contributed by atoms with Crippen LogP contribution in [-0.4, -0.2) is 68.8 Å². The van der Waals surface area contributed by atoms with Crippen LogP contribution in [0.4, 0.5) is 4.39 Å².